The fourth-order valence-corrected chi connectivity index (χ4v) is 1.65. The Morgan fingerprint density at radius 3 is 2.53 bits per heavy atom. The normalized spacial score (nSPS) is 12.2. The number of urea groups is 1. The van der Waals surface area contributed by atoms with Gasteiger partial charge in [-0.3, -0.25) is 0 Å². The third kappa shape index (κ3) is 5.92. The predicted octanol–water partition coefficient (Wildman–Crippen LogP) is 1.44. The predicted molar refractivity (Wildman–Crippen MR) is 69.8 cm³/mol. The molecule has 0 aliphatic rings. The maximum absolute atomic E-state index is 11.6. The topological polar surface area (TPSA) is 44.4 Å². The lowest BCUT2D eigenvalue weighted by Crippen LogP contribution is -2.44. The highest BCUT2D eigenvalue weighted by atomic mass is 16.2. The number of hydrogen-bond acceptors (Lipinski definition) is 2. The summed E-state index contributed by atoms with van der Waals surface area (Å²) < 4.78 is 0. The lowest BCUT2D eigenvalue weighted by atomic mass is 10.2. The lowest BCUT2D eigenvalue weighted by Gasteiger charge is -2.18. The van der Waals surface area contributed by atoms with Gasteiger partial charge in [-0.1, -0.05) is 30.3 Å². The molecule has 0 heterocycles. The molecule has 1 rings (SSSR count). The molecule has 2 N–H and O–H groups in total. The Labute approximate surface area is 103 Å². The van der Waals surface area contributed by atoms with Crippen molar-refractivity contribution in [3.8, 4) is 0 Å². The van der Waals surface area contributed by atoms with E-state index >= 15 is 0 Å². The molecular formula is C13H21N3O. The summed E-state index contributed by atoms with van der Waals surface area (Å²) in [5.41, 5.74) is 1.10. The maximum Gasteiger partial charge on any atom is 0.315 e. The van der Waals surface area contributed by atoms with Gasteiger partial charge in [0.05, 0.1) is 0 Å². The molecule has 4 nitrogen and oxygen atoms in total. The van der Waals surface area contributed by atoms with Crippen molar-refractivity contribution < 1.29 is 4.79 Å². The third-order valence-corrected chi connectivity index (χ3v) is 2.31. The largest absolute Gasteiger partial charge is 0.334 e. The molecule has 94 valence electrons. The van der Waals surface area contributed by atoms with E-state index in [1.807, 2.05) is 56.3 Å². The average Bonchev–Trinajstić information content (AvgIpc) is 2.26. The Morgan fingerprint density at radius 2 is 1.94 bits per heavy atom. The smallest absolute Gasteiger partial charge is 0.315 e. The van der Waals surface area contributed by atoms with Crippen LogP contribution in [-0.4, -0.2) is 37.6 Å². The minimum atomic E-state index is -0.122. The minimum Gasteiger partial charge on any atom is -0.334 e. The van der Waals surface area contributed by atoms with Crippen LogP contribution >= 0.6 is 0 Å². The maximum atomic E-state index is 11.6. The van der Waals surface area contributed by atoms with Crippen molar-refractivity contribution in [2.45, 2.75) is 19.5 Å². The van der Waals surface area contributed by atoms with Crippen molar-refractivity contribution in [3.63, 3.8) is 0 Å². The van der Waals surface area contributed by atoms with Crippen molar-refractivity contribution in [1.29, 1.82) is 0 Å². The first-order valence-electron chi connectivity index (χ1n) is 5.81. The second-order valence-corrected chi connectivity index (χ2v) is 4.48. The Bertz CT molecular complexity index is 338. The molecule has 17 heavy (non-hydrogen) atoms. The fraction of sp³-hybridized carbons (Fsp3) is 0.462. The van der Waals surface area contributed by atoms with Gasteiger partial charge in [0.1, 0.15) is 0 Å². The quantitative estimate of drug-likeness (QED) is 0.811. The van der Waals surface area contributed by atoms with Gasteiger partial charge in [-0.2, -0.15) is 0 Å². The number of carbonyl (C=O) groups is 1. The molecule has 0 bridgehead atoms. The Balaban J connectivity index is 2.26. The Hall–Kier alpha value is -1.55. The Kier molecular flexibility index (Phi) is 5.49. The highest BCUT2D eigenvalue weighted by Gasteiger charge is 2.07. The summed E-state index contributed by atoms with van der Waals surface area (Å²) in [6.45, 7) is 3.38. The van der Waals surface area contributed by atoms with Crippen LogP contribution < -0.4 is 10.6 Å². The molecule has 0 aliphatic heterocycles. The van der Waals surface area contributed by atoms with Crippen LogP contribution in [0.25, 0.3) is 0 Å². The molecule has 1 aromatic carbocycles. The molecule has 0 saturated carbocycles. The van der Waals surface area contributed by atoms with E-state index in [0.29, 0.717) is 6.54 Å². The van der Waals surface area contributed by atoms with E-state index in [4.69, 9.17) is 0 Å². The third-order valence-electron chi connectivity index (χ3n) is 2.31. The van der Waals surface area contributed by atoms with E-state index in [-0.39, 0.29) is 12.1 Å². The number of benzene rings is 1. The molecule has 0 aromatic heterocycles. The first-order chi connectivity index (χ1) is 8.08. The SMILES string of the molecule is CC(CN(C)C)NC(=O)NCc1ccccc1. The van der Waals surface area contributed by atoms with E-state index in [1.54, 1.807) is 0 Å². The summed E-state index contributed by atoms with van der Waals surface area (Å²) >= 11 is 0. The molecule has 0 saturated heterocycles. The molecule has 0 aliphatic carbocycles. The van der Waals surface area contributed by atoms with Gasteiger partial charge in [-0.15, -0.1) is 0 Å². The van der Waals surface area contributed by atoms with Gasteiger partial charge >= 0.3 is 6.03 Å². The number of likely N-dealkylation sites (N-methyl/N-ethyl adjacent to an activating group) is 1. The minimum absolute atomic E-state index is 0.122. The first kappa shape index (κ1) is 13.5. The van der Waals surface area contributed by atoms with E-state index in [2.05, 4.69) is 10.6 Å². The van der Waals surface area contributed by atoms with Gasteiger partial charge in [-0.25, -0.2) is 4.79 Å². The fourth-order valence-electron chi connectivity index (χ4n) is 1.65. The zero-order valence-corrected chi connectivity index (χ0v) is 10.7. The van der Waals surface area contributed by atoms with E-state index in [9.17, 15) is 4.79 Å². The van der Waals surface area contributed by atoms with Crippen LogP contribution in [0.5, 0.6) is 0 Å². The molecular weight excluding hydrogens is 214 g/mol. The molecule has 1 atom stereocenters. The summed E-state index contributed by atoms with van der Waals surface area (Å²) in [5, 5.41) is 5.72. The van der Waals surface area contributed by atoms with Crippen LogP contribution in [0, 0.1) is 0 Å². The number of nitrogens with one attached hydrogen (secondary N) is 2. The highest BCUT2D eigenvalue weighted by molar-refractivity contribution is 5.74. The lowest BCUT2D eigenvalue weighted by molar-refractivity contribution is 0.234. The zero-order chi connectivity index (χ0) is 12.7. The van der Waals surface area contributed by atoms with Crippen LogP contribution in [0.15, 0.2) is 30.3 Å². The van der Waals surface area contributed by atoms with Gasteiger partial charge in [0.25, 0.3) is 0 Å². The second kappa shape index (κ2) is 6.91. The van der Waals surface area contributed by atoms with Gasteiger partial charge in [-0.05, 0) is 26.6 Å². The second-order valence-electron chi connectivity index (χ2n) is 4.48. The average molecular weight is 235 g/mol. The van der Waals surface area contributed by atoms with Gasteiger partial charge < -0.3 is 15.5 Å². The molecule has 0 fully saturated rings. The summed E-state index contributed by atoms with van der Waals surface area (Å²) in [4.78, 5) is 13.6. The molecule has 2 amide bonds. The van der Waals surface area contributed by atoms with Gasteiger partial charge in [0, 0.05) is 19.1 Å². The summed E-state index contributed by atoms with van der Waals surface area (Å²) in [7, 11) is 3.97. The number of hydrogen-bond donors (Lipinski definition) is 2. The molecule has 1 aromatic rings. The molecule has 1 unspecified atom stereocenters. The first-order valence-corrected chi connectivity index (χ1v) is 5.81. The number of nitrogens with zero attached hydrogens (tertiary/aromatic N) is 1. The Morgan fingerprint density at radius 1 is 1.29 bits per heavy atom. The number of amides is 2. The summed E-state index contributed by atoms with van der Waals surface area (Å²) in [5.74, 6) is 0. The number of carbonyl (C=O) groups excluding carboxylic acids is 1. The van der Waals surface area contributed by atoms with Crippen LogP contribution in [0.3, 0.4) is 0 Å². The van der Waals surface area contributed by atoms with Crippen molar-refractivity contribution in [3.05, 3.63) is 35.9 Å². The molecule has 0 radical (unpaired) electrons. The van der Waals surface area contributed by atoms with Crippen LogP contribution in [0.1, 0.15) is 12.5 Å². The van der Waals surface area contributed by atoms with Crippen molar-refractivity contribution >= 4 is 6.03 Å². The van der Waals surface area contributed by atoms with Crippen molar-refractivity contribution in [2.24, 2.45) is 0 Å². The summed E-state index contributed by atoms with van der Waals surface area (Å²) in [6.07, 6.45) is 0. The van der Waals surface area contributed by atoms with Crippen molar-refractivity contribution in [1.82, 2.24) is 15.5 Å². The van der Waals surface area contributed by atoms with Gasteiger partial charge in [0.15, 0.2) is 0 Å². The monoisotopic (exact) mass is 235 g/mol. The zero-order valence-electron chi connectivity index (χ0n) is 10.7. The van der Waals surface area contributed by atoms with E-state index < -0.39 is 0 Å². The van der Waals surface area contributed by atoms with Crippen LogP contribution in [0.4, 0.5) is 4.79 Å². The number of rotatable bonds is 5. The highest BCUT2D eigenvalue weighted by Crippen LogP contribution is 1.96. The van der Waals surface area contributed by atoms with Crippen molar-refractivity contribution in [2.75, 3.05) is 20.6 Å². The van der Waals surface area contributed by atoms with Crippen LogP contribution in [0.2, 0.25) is 0 Å². The van der Waals surface area contributed by atoms with Gasteiger partial charge in [0.2, 0.25) is 0 Å². The standard InChI is InChI=1S/C13H21N3O/c1-11(10-16(2)3)15-13(17)14-9-12-7-5-4-6-8-12/h4-8,11H,9-10H2,1-3H3,(H2,14,15,17). The van der Waals surface area contributed by atoms with E-state index in [1.165, 1.54) is 0 Å². The van der Waals surface area contributed by atoms with Crippen LogP contribution in [-0.2, 0) is 6.54 Å². The van der Waals surface area contributed by atoms with E-state index in [0.717, 1.165) is 12.1 Å². The molecule has 0 spiro atoms. The summed E-state index contributed by atoms with van der Waals surface area (Å²) in [6, 6.07) is 9.88. The molecule has 4 heteroatoms.